The van der Waals surface area contributed by atoms with E-state index in [-0.39, 0.29) is 30.1 Å². The Hall–Kier alpha value is -1.93. The number of carbonyl (C=O) groups is 1. The molecule has 8 heteroatoms. The smallest absolute Gasteiger partial charge is 0.258 e. The third-order valence-electron chi connectivity index (χ3n) is 3.69. The second kappa shape index (κ2) is 6.90. The molecule has 1 aromatic heterocycles. The van der Waals surface area contributed by atoms with Gasteiger partial charge in [0.25, 0.3) is 5.91 Å². The second-order valence-corrected chi connectivity index (χ2v) is 8.86. The Labute approximate surface area is 144 Å². The summed E-state index contributed by atoms with van der Waals surface area (Å²) < 4.78 is 28.2. The molecule has 1 N–H and O–H groups in total. The molecule has 1 aliphatic heterocycles. The van der Waals surface area contributed by atoms with E-state index in [0.29, 0.717) is 12.2 Å². The maximum atomic E-state index is 11.8. The van der Waals surface area contributed by atoms with Gasteiger partial charge < -0.3 is 10.1 Å². The number of sulfone groups is 1. The van der Waals surface area contributed by atoms with Crippen LogP contribution in [0, 0.1) is 6.92 Å². The molecule has 2 aromatic rings. The van der Waals surface area contributed by atoms with Crippen LogP contribution < -0.4 is 10.1 Å². The molecule has 0 spiro atoms. The van der Waals surface area contributed by atoms with E-state index in [0.717, 1.165) is 16.3 Å². The largest absolute Gasteiger partial charge is 0.484 e. The van der Waals surface area contributed by atoms with E-state index in [4.69, 9.17) is 4.74 Å². The molecule has 6 nitrogen and oxygen atoms in total. The van der Waals surface area contributed by atoms with Gasteiger partial charge in [0.05, 0.1) is 11.5 Å². The summed E-state index contributed by atoms with van der Waals surface area (Å²) in [6, 6.07) is 7.07. The Morgan fingerprint density at radius 2 is 2.12 bits per heavy atom. The lowest BCUT2D eigenvalue weighted by Crippen LogP contribution is -2.38. The number of thiazole rings is 1. The zero-order valence-corrected chi connectivity index (χ0v) is 14.8. The number of nitrogens with one attached hydrogen (secondary N) is 1. The molecule has 2 heterocycles. The first-order valence-corrected chi connectivity index (χ1v) is 10.3. The minimum Gasteiger partial charge on any atom is -0.484 e. The molecule has 1 atom stereocenters. The average Bonchev–Trinajstić information content (AvgIpc) is 3.11. The van der Waals surface area contributed by atoms with Gasteiger partial charge in [0.2, 0.25) is 0 Å². The van der Waals surface area contributed by atoms with Crippen LogP contribution in [0.1, 0.15) is 12.1 Å². The number of nitrogens with zero attached hydrogens (tertiary/aromatic N) is 1. The quantitative estimate of drug-likeness (QED) is 0.872. The van der Waals surface area contributed by atoms with Crippen molar-refractivity contribution in [1.82, 2.24) is 10.3 Å². The Morgan fingerprint density at radius 1 is 1.38 bits per heavy atom. The lowest BCUT2D eigenvalue weighted by Gasteiger charge is -2.11. The molecular formula is C16H18N2O4S2. The molecule has 1 aromatic carbocycles. The molecule has 128 valence electrons. The van der Waals surface area contributed by atoms with Crippen LogP contribution in [0.25, 0.3) is 10.6 Å². The van der Waals surface area contributed by atoms with E-state index >= 15 is 0 Å². The summed E-state index contributed by atoms with van der Waals surface area (Å²) in [5.41, 5.74) is 1.99. The van der Waals surface area contributed by atoms with Crippen molar-refractivity contribution >= 4 is 27.1 Å². The molecule has 0 saturated carbocycles. The molecule has 1 aliphatic rings. The third-order valence-corrected chi connectivity index (χ3v) is 6.46. The lowest BCUT2D eigenvalue weighted by molar-refractivity contribution is -0.123. The SMILES string of the molecule is Cc1csc(-c2ccc(OCC(=O)N[C@@H]3CCS(=O)(=O)C3)cc2)n1. The summed E-state index contributed by atoms with van der Waals surface area (Å²) in [4.78, 5) is 16.3. The third kappa shape index (κ3) is 4.33. The highest BCUT2D eigenvalue weighted by Crippen LogP contribution is 2.25. The molecule has 24 heavy (non-hydrogen) atoms. The van der Waals surface area contributed by atoms with Crippen molar-refractivity contribution in [2.75, 3.05) is 18.1 Å². The first-order valence-electron chi connectivity index (χ1n) is 7.56. The first-order chi connectivity index (χ1) is 11.4. The van der Waals surface area contributed by atoms with Gasteiger partial charge >= 0.3 is 0 Å². The molecule has 3 rings (SSSR count). The predicted octanol–water partition coefficient (Wildman–Crippen LogP) is 1.80. The summed E-state index contributed by atoms with van der Waals surface area (Å²) in [6.07, 6.45) is 0.468. The van der Waals surface area contributed by atoms with Gasteiger partial charge in [-0.05, 0) is 37.6 Å². The normalized spacial score (nSPS) is 19.1. The van der Waals surface area contributed by atoms with E-state index in [2.05, 4.69) is 10.3 Å². The van der Waals surface area contributed by atoms with Gasteiger partial charge in [0.1, 0.15) is 10.8 Å². The molecule has 0 bridgehead atoms. The molecule has 0 radical (unpaired) electrons. The molecule has 0 aliphatic carbocycles. The lowest BCUT2D eigenvalue weighted by atomic mass is 10.2. The van der Waals surface area contributed by atoms with Gasteiger partial charge in [-0.3, -0.25) is 4.79 Å². The van der Waals surface area contributed by atoms with Crippen LogP contribution in [0.15, 0.2) is 29.6 Å². The van der Waals surface area contributed by atoms with Crippen LogP contribution in [0.5, 0.6) is 5.75 Å². The summed E-state index contributed by atoms with van der Waals surface area (Å²) in [6.45, 7) is 1.82. The number of rotatable bonds is 5. The van der Waals surface area contributed by atoms with Crippen molar-refractivity contribution in [2.45, 2.75) is 19.4 Å². The number of aromatic nitrogens is 1. The van der Waals surface area contributed by atoms with Crippen LogP contribution in [-0.4, -0.2) is 43.5 Å². The number of ether oxygens (including phenoxy) is 1. The van der Waals surface area contributed by atoms with Crippen molar-refractivity contribution in [3.63, 3.8) is 0 Å². The zero-order chi connectivity index (χ0) is 17.2. The fourth-order valence-corrected chi connectivity index (χ4v) is 4.98. The van der Waals surface area contributed by atoms with E-state index in [1.54, 1.807) is 23.5 Å². The highest BCUT2D eigenvalue weighted by Gasteiger charge is 2.28. The van der Waals surface area contributed by atoms with Crippen molar-refractivity contribution < 1.29 is 17.9 Å². The van der Waals surface area contributed by atoms with E-state index < -0.39 is 9.84 Å². The van der Waals surface area contributed by atoms with Gasteiger partial charge in [-0.25, -0.2) is 13.4 Å². The predicted molar refractivity (Wildman–Crippen MR) is 93.0 cm³/mol. The zero-order valence-electron chi connectivity index (χ0n) is 13.2. The summed E-state index contributed by atoms with van der Waals surface area (Å²) >= 11 is 1.58. The number of hydrogen-bond donors (Lipinski definition) is 1. The highest BCUT2D eigenvalue weighted by atomic mass is 32.2. The van der Waals surface area contributed by atoms with Crippen molar-refractivity contribution in [2.24, 2.45) is 0 Å². The number of amides is 1. The van der Waals surface area contributed by atoms with E-state index in [1.165, 1.54) is 0 Å². The maximum Gasteiger partial charge on any atom is 0.258 e. The number of hydrogen-bond acceptors (Lipinski definition) is 6. The highest BCUT2D eigenvalue weighted by molar-refractivity contribution is 7.91. The minimum atomic E-state index is -3.00. The van der Waals surface area contributed by atoms with E-state index in [9.17, 15) is 13.2 Å². The second-order valence-electron chi connectivity index (χ2n) is 5.77. The summed E-state index contributed by atoms with van der Waals surface area (Å²) in [7, 11) is -3.00. The maximum absolute atomic E-state index is 11.8. The van der Waals surface area contributed by atoms with Crippen LogP contribution in [0.2, 0.25) is 0 Å². The van der Waals surface area contributed by atoms with Crippen molar-refractivity contribution in [3.05, 3.63) is 35.3 Å². The van der Waals surface area contributed by atoms with Crippen LogP contribution in [0.3, 0.4) is 0 Å². The Bertz CT molecular complexity index is 828. The summed E-state index contributed by atoms with van der Waals surface area (Å²) in [5.74, 6) is 0.426. The number of aryl methyl sites for hydroxylation is 1. The van der Waals surface area contributed by atoms with Crippen molar-refractivity contribution in [1.29, 1.82) is 0 Å². The minimum absolute atomic E-state index is 0.0146. The summed E-state index contributed by atoms with van der Waals surface area (Å²) in [5, 5.41) is 5.63. The Morgan fingerprint density at radius 3 is 2.71 bits per heavy atom. The Kier molecular flexibility index (Phi) is 4.86. The van der Waals surface area contributed by atoms with Gasteiger partial charge in [0, 0.05) is 22.7 Å². The number of benzene rings is 1. The van der Waals surface area contributed by atoms with Crippen LogP contribution in [-0.2, 0) is 14.6 Å². The van der Waals surface area contributed by atoms with Crippen molar-refractivity contribution in [3.8, 4) is 16.3 Å². The molecule has 1 amide bonds. The monoisotopic (exact) mass is 366 g/mol. The Balaban J connectivity index is 1.50. The van der Waals surface area contributed by atoms with Gasteiger partial charge in [-0.15, -0.1) is 11.3 Å². The number of carbonyl (C=O) groups excluding carboxylic acids is 1. The van der Waals surface area contributed by atoms with E-state index in [1.807, 2.05) is 24.4 Å². The standard InChI is InChI=1S/C16H18N2O4S2/c1-11-9-23-16(17-11)12-2-4-14(5-3-12)22-8-15(19)18-13-6-7-24(20,21)10-13/h2-5,9,13H,6-8,10H2,1H3,(H,18,19)/t13-/m1/s1. The fraction of sp³-hybridized carbons (Fsp3) is 0.375. The molecule has 0 unspecified atom stereocenters. The van der Waals surface area contributed by atoms with Crippen LogP contribution in [0.4, 0.5) is 0 Å². The molecule has 1 saturated heterocycles. The van der Waals surface area contributed by atoms with Gasteiger partial charge in [0.15, 0.2) is 16.4 Å². The molecule has 1 fully saturated rings. The van der Waals surface area contributed by atoms with Crippen LogP contribution >= 0.6 is 11.3 Å². The van der Waals surface area contributed by atoms with Gasteiger partial charge in [-0.2, -0.15) is 0 Å². The fourth-order valence-electron chi connectivity index (χ4n) is 2.51. The topological polar surface area (TPSA) is 85.4 Å². The average molecular weight is 366 g/mol. The first kappa shape index (κ1) is 16.9. The van der Waals surface area contributed by atoms with Gasteiger partial charge in [-0.1, -0.05) is 0 Å². The molecular weight excluding hydrogens is 348 g/mol.